The van der Waals surface area contributed by atoms with Crippen molar-refractivity contribution in [3.05, 3.63) is 27.8 Å². The van der Waals surface area contributed by atoms with Gasteiger partial charge in [-0.1, -0.05) is 13.8 Å². The molecule has 1 aromatic carbocycles. The highest BCUT2D eigenvalue weighted by molar-refractivity contribution is 5.65. The van der Waals surface area contributed by atoms with Gasteiger partial charge in [0.15, 0.2) is 0 Å². The van der Waals surface area contributed by atoms with E-state index in [1.807, 2.05) is 13.8 Å². The molecule has 0 aliphatic carbocycles. The third-order valence-electron chi connectivity index (χ3n) is 4.84. The number of nitro benzene ring substituents is 1. The molecule has 0 amide bonds. The highest BCUT2D eigenvalue weighted by atomic mass is 16.6. The smallest absolute Gasteiger partial charge is 0.292 e. The molecule has 3 rings (SSSR count). The summed E-state index contributed by atoms with van der Waals surface area (Å²) in [5.41, 5.74) is 5.61. The van der Waals surface area contributed by atoms with Crippen LogP contribution < -0.4 is 10.5 Å². The number of nitrogen functional groups attached to an aromatic ring is 1. The third-order valence-corrected chi connectivity index (χ3v) is 4.84. The van der Waals surface area contributed by atoms with Crippen LogP contribution in [-0.2, 0) is 0 Å². The van der Waals surface area contributed by atoms with E-state index in [1.54, 1.807) is 0 Å². The molecule has 7 heteroatoms. The van der Waals surface area contributed by atoms with Gasteiger partial charge in [0, 0.05) is 17.7 Å². The van der Waals surface area contributed by atoms with Gasteiger partial charge in [-0.25, -0.2) is 0 Å². The molecule has 0 saturated carbocycles. The molecule has 0 aromatic heterocycles. The first-order valence-corrected chi connectivity index (χ1v) is 8.00. The lowest BCUT2D eigenvalue weighted by Gasteiger charge is -2.47. The van der Waals surface area contributed by atoms with E-state index in [1.165, 1.54) is 18.6 Å². The topological polar surface area (TPSA) is 102 Å². The first-order chi connectivity index (χ1) is 10.8. The summed E-state index contributed by atoms with van der Waals surface area (Å²) in [4.78, 5) is 12.9. The van der Waals surface area contributed by atoms with Crippen LogP contribution >= 0.6 is 0 Å². The minimum atomic E-state index is -0.780. The van der Waals surface area contributed by atoms with Crippen LogP contribution in [0.3, 0.4) is 0 Å². The largest absolute Gasteiger partial charge is 0.485 e. The van der Waals surface area contributed by atoms with Gasteiger partial charge in [-0.15, -0.1) is 0 Å². The SMILES string of the molecule is C.CC1(C)Oc2cc(N)c([N+](=O)[O-])cc2C(N2CCCCC2)C1O. The maximum Gasteiger partial charge on any atom is 0.292 e. The van der Waals surface area contributed by atoms with Crippen molar-refractivity contribution in [2.45, 2.75) is 58.3 Å². The molecule has 3 N–H and O–H groups in total. The van der Waals surface area contributed by atoms with Gasteiger partial charge in [0.05, 0.1) is 11.0 Å². The molecular formula is C17H27N3O4. The second-order valence-electron chi connectivity index (χ2n) is 6.90. The van der Waals surface area contributed by atoms with Crippen molar-refractivity contribution >= 4 is 11.4 Å². The fourth-order valence-electron chi connectivity index (χ4n) is 3.56. The van der Waals surface area contributed by atoms with Crippen LogP contribution in [-0.4, -0.2) is 39.7 Å². The van der Waals surface area contributed by atoms with E-state index in [-0.39, 0.29) is 24.8 Å². The van der Waals surface area contributed by atoms with Crippen molar-refractivity contribution in [3.63, 3.8) is 0 Å². The van der Waals surface area contributed by atoms with Crippen LogP contribution in [0.5, 0.6) is 5.75 Å². The molecule has 0 spiro atoms. The van der Waals surface area contributed by atoms with Gasteiger partial charge in [-0.3, -0.25) is 15.0 Å². The molecule has 24 heavy (non-hydrogen) atoms. The normalized spacial score (nSPS) is 26.0. The predicted octanol–water partition coefficient (Wildman–Crippen LogP) is 2.87. The Balaban J connectivity index is 0.00000208. The molecule has 0 bridgehead atoms. The molecule has 1 saturated heterocycles. The summed E-state index contributed by atoms with van der Waals surface area (Å²) >= 11 is 0. The Labute approximate surface area is 142 Å². The lowest BCUT2D eigenvalue weighted by atomic mass is 9.84. The van der Waals surface area contributed by atoms with Gasteiger partial charge in [0.2, 0.25) is 0 Å². The second kappa shape index (κ2) is 6.57. The average molecular weight is 337 g/mol. The molecule has 0 radical (unpaired) electrons. The highest BCUT2D eigenvalue weighted by Gasteiger charge is 2.46. The van der Waals surface area contributed by atoms with Crippen LogP contribution in [0.25, 0.3) is 0 Å². The number of piperidine rings is 1. The Kier molecular flexibility index (Phi) is 5.05. The number of hydrogen-bond acceptors (Lipinski definition) is 6. The monoisotopic (exact) mass is 337 g/mol. The van der Waals surface area contributed by atoms with Crippen molar-refractivity contribution in [2.24, 2.45) is 0 Å². The Bertz CT molecular complexity index is 627. The number of hydrogen-bond donors (Lipinski definition) is 2. The van der Waals surface area contributed by atoms with Crippen molar-refractivity contribution in [2.75, 3.05) is 18.8 Å². The number of anilines is 1. The molecule has 2 aliphatic heterocycles. The van der Waals surface area contributed by atoms with Crippen molar-refractivity contribution in [1.29, 1.82) is 0 Å². The molecule has 1 aromatic rings. The predicted molar refractivity (Wildman–Crippen MR) is 93.1 cm³/mol. The van der Waals surface area contributed by atoms with E-state index in [4.69, 9.17) is 10.5 Å². The number of nitrogens with two attached hydrogens (primary N) is 1. The fourth-order valence-corrected chi connectivity index (χ4v) is 3.56. The van der Waals surface area contributed by atoms with Gasteiger partial charge >= 0.3 is 0 Å². The Hall–Kier alpha value is -1.86. The zero-order valence-corrected chi connectivity index (χ0v) is 13.5. The van der Waals surface area contributed by atoms with E-state index in [0.717, 1.165) is 25.9 Å². The molecule has 7 nitrogen and oxygen atoms in total. The van der Waals surface area contributed by atoms with Crippen LogP contribution in [0, 0.1) is 10.1 Å². The molecule has 2 unspecified atom stereocenters. The number of aliphatic hydroxyl groups is 1. The highest BCUT2D eigenvalue weighted by Crippen LogP contribution is 2.46. The van der Waals surface area contributed by atoms with Gasteiger partial charge in [0.1, 0.15) is 23.1 Å². The van der Waals surface area contributed by atoms with Crippen LogP contribution in [0.1, 0.15) is 52.1 Å². The lowest BCUT2D eigenvalue weighted by Crippen LogP contribution is -2.54. The van der Waals surface area contributed by atoms with E-state index in [2.05, 4.69) is 4.90 Å². The summed E-state index contributed by atoms with van der Waals surface area (Å²) in [6.45, 7) is 5.40. The van der Waals surface area contributed by atoms with Crippen molar-refractivity contribution < 1.29 is 14.8 Å². The number of rotatable bonds is 2. The van der Waals surface area contributed by atoms with Crippen LogP contribution in [0.15, 0.2) is 12.1 Å². The van der Waals surface area contributed by atoms with E-state index in [9.17, 15) is 15.2 Å². The first kappa shape index (κ1) is 18.5. The molecule has 2 heterocycles. The number of likely N-dealkylation sites (tertiary alicyclic amines) is 1. The summed E-state index contributed by atoms with van der Waals surface area (Å²) in [5.74, 6) is 0.527. The van der Waals surface area contributed by atoms with Gasteiger partial charge in [-0.2, -0.15) is 0 Å². The number of benzene rings is 1. The maximum absolute atomic E-state index is 11.2. The number of fused-ring (bicyclic) bond motifs is 1. The molecular weight excluding hydrogens is 310 g/mol. The quantitative estimate of drug-likeness (QED) is 0.489. The fraction of sp³-hybridized carbons (Fsp3) is 0.647. The number of ether oxygens (including phenoxy) is 1. The summed E-state index contributed by atoms with van der Waals surface area (Å²) in [7, 11) is 0. The van der Waals surface area contributed by atoms with Gasteiger partial charge in [0.25, 0.3) is 5.69 Å². The number of nitro groups is 1. The molecule has 2 atom stereocenters. The van der Waals surface area contributed by atoms with Crippen molar-refractivity contribution in [3.8, 4) is 5.75 Å². The second-order valence-corrected chi connectivity index (χ2v) is 6.90. The number of aliphatic hydroxyl groups excluding tert-OH is 1. The van der Waals surface area contributed by atoms with Crippen molar-refractivity contribution in [1.82, 2.24) is 4.90 Å². The minimum absolute atomic E-state index is 0. The maximum atomic E-state index is 11.2. The standard InChI is InChI=1S/C16H23N3O4.CH4/c1-16(2)15(20)14(18-6-4-3-5-7-18)10-8-12(19(21)22)11(17)9-13(10)23-16;/h8-9,14-15,20H,3-7,17H2,1-2H3;1H4. The summed E-state index contributed by atoms with van der Waals surface area (Å²) < 4.78 is 5.89. The molecule has 1 fully saturated rings. The molecule has 134 valence electrons. The average Bonchev–Trinajstić information content (AvgIpc) is 2.48. The van der Waals surface area contributed by atoms with E-state index >= 15 is 0 Å². The summed E-state index contributed by atoms with van der Waals surface area (Å²) in [6.07, 6.45) is 2.54. The summed E-state index contributed by atoms with van der Waals surface area (Å²) in [5, 5.41) is 22.0. The zero-order chi connectivity index (χ0) is 16.8. The third kappa shape index (κ3) is 3.06. The number of nitrogens with zero attached hydrogens (tertiary/aromatic N) is 2. The van der Waals surface area contributed by atoms with E-state index in [0.29, 0.717) is 11.3 Å². The Morgan fingerprint density at radius 3 is 2.54 bits per heavy atom. The van der Waals surface area contributed by atoms with Gasteiger partial charge < -0.3 is 15.6 Å². The van der Waals surface area contributed by atoms with Crippen LogP contribution in [0.4, 0.5) is 11.4 Å². The summed E-state index contributed by atoms with van der Waals surface area (Å²) in [6, 6.07) is 2.66. The zero-order valence-electron chi connectivity index (χ0n) is 13.5. The first-order valence-electron chi connectivity index (χ1n) is 8.00. The minimum Gasteiger partial charge on any atom is -0.485 e. The lowest BCUT2D eigenvalue weighted by molar-refractivity contribution is -0.384. The molecule has 2 aliphatic rings. The van der Waals surface area contributed by atoms with E-state index < -0.39 is 16.6 Å². The Morgan fingerprint density at radius 1 is 1.33 bits per heavy atom. The Morgan fingerprint density at radius 2 is 1.96 bits per heavy atom. The van der Waals surface area contributed by atoms with Gasteiger partial charge in [-0.05, 0) is 39.8 Å². The van der Waals surface area contributed by atoms with Crippen LogP contribution in [0.2, 0.25) is 0 Å².